The monoisotopic (exact) mass is 248 g/mol. The van der Waals surface area contributed by atoms with Gasteiger partial charge in [0.15, 0.2) is 0 Å². The lowest BCUT2D eigenvalue weighted by Gasteiger charge is -2.02. The minimum absolute atomic E-state index is 0.346. The van der Waals surface area contributed by atoms with Crippen LogP contribution in [0.15, 0.2) is 15.7 Å². The molecule has 0 aliphatic carbocycles. The van der Waals surface area contributed by atoms with Crippen molar-refractivity contribution in [3.63, 3.8) is 0 Å². The molecule has 0 aliphatic rings. The molecular formula is C9H16N2O2S2. The lowest BCUT2D eigenvalue weighted by Crippen LogP contribution is -2.23. The summed E-state index contributed by atoms with van der Waals surface area (Å²) in [5, 5.41) is 1.77. The predicted molar refractivity (Wildman–Crippen MR) is 62.3 cm³/mol. The molecule has 0 fully saturated rings. The first-order valence-electron chi connectivity index (χ1n) is 4.87. The van der Waals surface area contributed by atoms with E-state index in [0.717, 1.165) is 18.4 Å². The highest BCUT2D eigenvalue weighted by molar-refractivity contribution is 7.91. The van der Waals surface area contributed by atoms with Gasteiger partial charge in [-0.2, -0.15) is 0 Å². The van der Waals surface area contributed by atoms with Gasteiger partial charge in [-0.15, -0.1) is 11.3 Å². The van der Waals surface area contributed by atoms with Crippen LogP contribution in [-0.2, 0) is 16.6 Å². The number of hydrogen-bond donors (Lipinski definition) is 2. The quantitative estimate of drug-likeness (QED) is 0.745. The summed E-state index contributed by atoms with van der Waals surface area (Å²) in [6.45, 7) is 2.89. The van der Waals surface area contributed by atoms with Crippen LogP contribution in [0.4, 0.5) is 0 Å². The van der Waals surface area contributed by atoms with E-state index in [2.05, 4.69) is 4.72 Å². The van der Waals surface area contributed by atoms with Crippen LogP contribution >= 0.6 is 11.3 Å². The highest BCUT2D eigenvalue weighted by Crippen LogP contribution is 2.19. The van der Waals surface area contributed by atoms with Crippen LogP contribution in [0.5, 0.6) is 0 Å². The number of sulfonamides is 1. The van der Waals surface area contributed by atoms with E-state index in [0.29, 0.717) is 17.3 Å². The molecule has 0 bridgehead atoms. The van der Waals surface area contributed by atoms with Crippen LogP contribution in [0.25, 0.3) is 0 Å². The SMILES string of the molecule is CCCCNS(=O)(=O)c1cc(CN)cs1. The summed E-state index contributed by atoms with van der Waals surface area (Å²) in [6.07, 6.45) is 1.83. The topological polar surface area (TPSA) is 72.2 Å². The molecule has 0 aromatic carbocycles. The number of unbranched alkanes of at least 4 members (excludes halogenated alkanes) is 1. The van der Waals surface area contributed by atoms with Crippen molar-refractivity contribution in [1.29, 1.82) is 0 Å². The number of hydrogen-bond acceptors (Lipinski definition) is 4. The van der Waals surface area contributed by atoms with E-state index in [9.17, 15) is 8.42 Å². The molecular weight excluding hydrogens is 232 g/mol. The zero-order chi connectivity index (χ0) is 11.3. The predicted octanol–water partition coefficient (Wildman–Crippen LogP) is 1.29. The highest BCUT2D eigenvalue weighted by atomic mass is 32.2. The maximum Gasteiger partial charge on any atom is 0.250 e. The number of nitrogens with one attached hydrogen (secondary N) is 1. The molecule has 86 valence electrons. The van der Waals surface area contributed by atoms with E-state index in [1.54, 1.807) is 11.4 Å². The van der Waals surface area contributed by atoms with Crippen molar-refractivity contribution >= 4 is 21.4 Å². The third-order valence-electron chi connectivity index (χ3n) is 1.95. The fraction of sp³-hybridized carbons (Fsp3) is 0.556. The minimum atomic E-state index is -3.31. The van der Waals surface area contributed by atoms with E-state index in [4.69, 9.17) is 5.73 Å². The summed E-state index contributed by atoms with van der Waals surface area (Å²) >= 11 is 1.21. The molecule has 1 aromatic heterocycles. The average Bonchev–Trinajstić information content (AvgIpc) is 2.66. The Bertz CT molecular complexity index is 398. The van der Waals surface area contributed by atoms with Crippen LogP contribution in [0.2, 0.25) is 0 Å². The Balaban J connectivity index is 2.68. The van der Waals surface area contributed by atoms with Crippen molar-refractivity contribution in [2.24, 2.45) is 5.73 Å². The molecule has 6 heteroatoms. The Labute approximate surface area is 94.5 Å². The molecule has 0 spiro atoms. The molecule has 4 nitrogen and oxygen atoms in total. The van der Waals surface area contributed by atoms with Crippen molar-refractivity contribution in [3.8, 4) is 0 Å². The molecule has 0 atom stereocenters. The summed E-state index contributed by atoms with van der Waals surface area (Å²) < 4.78 is 26.3. The van der Waals surface area contributed by atoms with Crippen LogP contribution in [0.3, 0.4) is 0 Å². The maximum absolute atomic E-state index is 11.7. The minimum Gasteiger partial charge on any atom is -0.326 e. The average molecular weight is 248 g/mol. The van der Waals surface area contributed by atoms with Gasteiger partial charge < -0.3 is 5.73 Å². The Morgan fingerprint density at radius 2 is 2.27 bits per heavy atom. The van der Waals surface area contributed by atoms with Gasteiger partial charge in [-0.25, -0.2) is 13.1 Å². The van der Waals surface area contributed by atoms with E-state index >= 15 is 0 Å². The summed E-state index contributed by atoms with van der Waals surface area (Å²) in [4.78, 5) is 0. The molecule has 1 aromatic rings. The van der Waals surface area contributed by atoms with Gasteiger partial charge in [-0.1, -0.05) is 13.3 Å². The fourth-order valence-electron chi connectivity index (χ4n) is 1.06. The molecule has 0 amide bonds. The maximum atomic E-state index is 11.7. The molecule has 0 radical (unpaired) electrons. The number of thiophene rings is 1. The highest BCUT2D eigenvalue weighted by Gasteiger charge is 2.15. The third-order valence-corrected chi connectivity index (χ3v) is 4.90. The summed E-state index contributed by atoms with van der Waals surface area (Å²) in [7, 11) is -3.31. The van der Waals surface area contributed by atoms with Crippen LogP contribution in [-0.4, -0.2) is 15.0 Å². The summed E-state index contributed by atoms with van der Waals surface area (Å²) in [5.74, 6) is 0. The van der Waals surface area contributed by atoms with Crippen LogP contribution < -0.4 is 10.5 Å². The zero-order valence-electron chi connectivity index (χ0n) is 8.69. The standard InChI is InChI=1S/C9H16N2O2S2/c1-2-3-4-11-15(12,13)9-5-8(6-10)7-14-9/h5,7,11H,2-4,6,10H2,1H3. The summed E-state index contributed by atoms with van der Waals surface area (Å²) in [5.41, 5.74) is 6.28. The van der Waals surface area contributed by atoms with Gasteiger partial charge in [0.05, 0.1) is 0 Å². The van der Waals surface area contributed by atoms with Gasteiger partial charge >= 0.3 is 0 Å². The molecule has 0 saturated carbocycles. The molecule has 1 heterocycles. The van der Waals surface area contributed by atoms with Crippen molar-refractivity contribution in [3.05, 3.63) is 17.0 Å². The van der Waals surface area contributed by atoms with E-state index in [1.165, 1.54) is 11.3 Å². The first-order chi connectivity index (χ1) is 7.10. The lowest BCUT2D eigenvalue weighted by atomic mass is 10.3. The van der Waals surface area contributed by atoms with Crippen molar-refractivity contribution in [2.45, 2.75) is 30.5 Å². The molecule has 0 unspecified atom stereocenters. The van der Waals surface area contributed by atoms with Crippen molar-refractivity contribution < 1.29 is 8.42 Å². The normalized spacial score (nSPS) is 11.9. The van der Waals surface area contributed by atoms with Crippen molar-refractivity contribution in [1.82, 2.24) is 4.72 Å². The van der Waals surface area contributed by atoms with Crippen LogP contribution in [0, 0.1) is 0 Å². The molecule has 1 rings (SSSR count). The Morgan fingerprint density at radius 3 is 2.80 bits per heavy atom. The largest absolute Gasteiger partial charge is 0.326 e. The summed E-state index contributed by atoms with van der Waals surface area (Å²) in [6, 6.07) is 1.62. The molecule has 3 N–H and O–H groups in total. The van der Waals surface area contributed by atoms with Gasteiger partial charge in [-0.05, 0) is 23.4 Å². The Kier molecular flexibility index (Phi) is 4.72. The van der Waals surface area contributed by atoms with E-state index in [-0.39, 0.29) is 0 Å². The molecule has 15 heavy (non-hydrogen) atoms. The Morgan fingerprint density at radius 1 is 1.53 bits per heavy atom. The number of nitrogens with two attached hydrogens (primary N) is 1. The fourth-order valence-corrected chi connectivity index (χ4v) is 3.40. The van der Waals surface area contributed by atoms with Gasteiger partial charge in [0.1, 0.15) is 4.21 Å². The van der Waals surface area contributed by atoms with Gasteiger partial charge in [0.2, 0.25) is 10.0 Å². The zero-order valence-corrected chi connectivity index (χ0v) is 10.3. The third kappa shape index (κ3) is 3.57. The second-order valence-electron chi connectivity index (χ2n) is 3.23. The second kappa shape index (κ2) is 5.60. The van der Waals surface area contributed by atoms with Gasteiger partial charge in [-0.3, -0.25) is 0 Å². The van der Waals surface area contributed by atoms with Gasteiger partial charge in [0.25, 0.3) is 0 Å². The molecule has 0 saturated heterocycles. The van der Waals surface area contributed by atoms with E-state index in [1.807, 2.05) is 6.92 Å². The second-order valence-corrected chi connectivity index (χ2v) is 6.13. The van der Waals surface area contributed by atoms with E-state index < -0.39 is 10.0 Å². The lowest BCUT2D eigenvalue weighted by molar-refractivity contribution is 0.580. The van der Waals surface area contributed by atoms with Crippen LogP contribution in [0.1, 0.15) is 25.3 Å². The number of rotatable bonds is 6. The first-order valence-corrected chi connectivity index (χ1v) is 7.23. The Hall–Kier alpha value is -0.430. The smallest absolute Gasteiger partial charge is 0.250 e. The van der Waals surface area contributed by atoms with Crippen molar-refractivity contribution in [2.75, 3.05) is 6.54 Å². The first kappa shape index (κ1) is 12.6. The van der Waals surface area contributed by atoms with Gasteiger partial charge in [0, 0.05) is 13.1 Å². The molecule has 0 aliphatic heterocycles.